The number of nitrogens with zero attached hydrogens (tertiary/aromatic N) is 2. The normalized spacial score (nSPS) is 16.0. The third-order valence-electron chi connectivity index (χ3n) is 3.54. The quantitative estimate of drug-likeness (QED) is 0.782. The van der Waals surface area contributed by atoms with E-state index in [1.165, 1.54) is 12.1 Å². The number of hydrogen-bond acceptors (Lipinski definition) is 3. The van der Waals surface area contributed by atoms with Crippen LogP contribution >= 0.6 is 0 Å². The second-order valence-electron chi connectivity index (χ2n) is 5.15. The molecule has 5 heteroatoms. The molecule has 1 amide bonds. The minimum atomic E-state index is -0.526. The molecule has 4 nitrogen and oxygen atoms in total. The van der Waals surface area contributed by atoms with Crippen LogP contribution in [-0.2, 0) is 0 Å². The van der Waals surface area contributed by atoms with Crippen LogP contribution in [0.1, 0.15) is 22.3 Å². The van der Waals surface area contributed by atoms with Gasteiger partial charge in [-0.3, -0.25) is 4.79 Å². The fourth-order valence-corrected chi connectivity index (χ4v) is 2.34. The predicted molar refractivity (Wildman–Crippen MR) is 80.3 cm³/mol. The third kappa shape index (κ3) is 4.03. The zero-order valence-electron chi connectivity index (χ0n) is 12.2. The maximum atomic E-state index is 14.1. The lowest BCUT2D eigenvalue weighted by Gasteiger charge is -2.20. The first-order valence-electron chi connectivity index (χ1n) is 7.08. The Balaban J connectivity index is 2.15. The first-order chi connectivity index (χ1) is 10.1. The van der Waals surface area contributed by atoms with Crippen LogP contribution in [0.25, 0.3) is 0 Å². The summed E-state index contributed by atoms with van der Waals surface area (Å²) in [5.41, 5.74) is 5.93. The Kier molecular flexibility index (Phi) is 5.32. The number of hydrogen-bond donors (Lipinski definition) is 1. The lowest BCUT2D eigenvalue weighted by atomic mass is 10.1. The van der Waals surface area contributed by atoms with Gasteiger partial charge in [-0.15, -0.1) is 0 Å². The van der Waals surface area contributed by atoms with Crippen molar-refractivity contribution in [2.75, 3.05) is 39.8 Å². The van der Waals surface area contributed by atoms with Crippen LogP contribution in [-0.4, -0.2) is 55.5 Å². The summed E-state index contributed by atoms with van der Waals surface area (Å²) in [5, 5.41) is 0. The number of carbonyl (C=O) groups is 1. The van der Waals surface area contributed by atoms with Crippen LogP contribution in [0.2, 0.25) is 0 Å². The van der Waals surface area contributed by atoms with Crippen molar-refractivity contribution in [3.63, 3.8) is 0 Å². The van der Waals surface area contributed by atoms with Crippen molar-refractivity contribution in [1.29, 1.82) is 0 Å². The SMILES string of the molecule is CN1CCCN(C(=O)c2ccc(C#CCN)cc2F)CC1. The maximum Gasteiger partial charge on any atom is 0.256 e. The first-order valence-corrected chi connectivity index (χ1v) is 7.08. The molecule has 1 saturated heterocycles. The van der Waals surface area contributed by atoms with E-state index in [1.54, 1.807) is 11.0 Å². The first kappa shape index (κ1) is 15.5. The van der Waals surface area contributed by atoms with E-state index in [9.17, 15) is 9.18 Å². The minimum Gasteiger partial charge on any atom is -0.337 e. The molecule has 21 heavy (non-hydrogen) atoms. The van der Waals surface area contributed by atoms with Crippen LogP contribution in [0.4, 0.5) is 4.39 Å². The Hall–Kier alpha value is -1.90. The predicted octanol–water partition coefficient (Wildman–Crippen LogP) is 0.914. The van der Waals surface area contributed by atoms with Crippen LogP contribution in [0.15, 0.2) is 18.2 Å². The number of likely N-dealkylation sites (N-methyl/N-ethyl adjacent to an activating group) is 1. The van der Waals surface area contributed by atoms with E-state index in [4.69, 9.17) is 5.73 Å². The van der Waals surface area contributed by atoms with Gasteiger partial charge < -0.3 is 15.5 Å². The molecule has 0 aromatic heterocycles. The van der Waals surface area contributed by atoms with Gasteiger partial charge in [0, 0.05) is 25.2 Å². The van der Waals surface area contributed by atoms with Gasteiger partial charge in [-0.25, -0.2) is 4.39 Å². The fraction of sp³-hybridized carbons (Fsp3) is 0.438. The van der Waals surface area contributed by atoms with Crippen LogP contribution < -0.4 is 5.73 Å². The Labute approximate surface area is 124 Å². The summed E-state index contributed by atoms with van der Waals surface area (Å²) < 4.78 is 14.1. The molecule has 1 aliphatic rings. The third-order valence-corrected chi connectivity index (χ3v) is 3.54. The van der Waals surface area contributed by atoms with Gasteiger partial charge in [0.1, 0.15) is 5.82 Å². The van der Waals surface area contributed by atoms with Crippen molar-refractivity contribution in [1.82, 2.24) is 9.80 Å². The Bertz CT molecular complexity index is 577. The van der Waals surface area contributed by atoms with E-state index in [-0.39, 0.29) is 18.0 Å². The zero-order valence-corrected chi connectivity index (χ0v) is 12.2. The molecular weight excluding hydrogens is 269 g/mol. The number of carbonyl (C=O) groups excluding carboxylic acids is 1. The highest BCUT2D eigenvalue weighted by Gasteiger charge is 2.21. The van der Waals surface area contributed by atoms with Gasteiger partial charge in [-0.1, -0.05) is 11.8 Å². The van der Waals surface area contributed by atoms with E-state index in [0.717, 1.165) is 19.5 Å². The van der Waals surface area contributed by atoms with Gasteiger partial charge in [0.15, 0.2) is 0 Å². The average molecular weight is 289 g/mol. The monoisotopic (exact) mass is 289 g/mol. The molecule has 1 aliphatic heterocycles. The fourth-order valence-electron chi connectivity index (χ4n) is 2.34. The molecule has 1 heterocycles. The summed E-state index contributed by atoms with van der Waals surface area (Å²) >= 11 is 0. The minimum absolute atomic E-state index is 0.109. The van der Waals surface area contributed by atoms with Crippen molar-refractivity contribution >= 4 is 5.91 Å². The van der Waals surface area contributed by atoms with Gasteiger partial charge in [0.25, 0.3) is 5.91 Å². The molecule has 1 aromatic carbocycles. The molecule has 1 fully saturated rings. The summed E-state index contributed by atoms with van der Waals surface area (Å²) in [7, 11) is 2.03. The van der Waals surface area contributed by atoms with Crippen LogP contribution in [0.5, 0.6) is 0 Å². The number of rotatable bonds is 1. The van der Waals surface area contributed by atoms with E-state index in [1.807, 2.05) is 7.05 Å². The molecule has 0 spiro atoms. The van der Waals surface area contributed by atoms with Gasteiger partial charge in [-0.2, -0.15) is 0 Å². The second kappa shape index (κ2) is 7.21. The average Bonchev–Trinajstić information content (AvgIpc) is 2.69. The lowest BCUT2D eigenvalue weighted by Crippen LogP contribution is -2.35. The molecule has 0 aliphatic carbocycles. The van der Waals surface area contributed by atoms with Gasteiger partial charge >= 0.3 is 0 Å². The van der Waals surface area contributed by atoms with E-state index < -0.39 is 5.82 Å². The highest BCUT2D eigenvalue weighted by molar-refractivity contribution is 5.94. The van der Waals surface area contributed by atoms with Crippen molar-refractivity contribution in [3.8, 4) is 11.8 Å². The second-order valence-corrected chi connectivity index (χ2v) is 5.15. The Morgan fingerprint density at radius 2 is 2.14 bits per heavy atom. The molecule has 0 atom stereocenters. The summed E-state index contributed by atoms with van der Waals surface area (Å²) in [6.45, 7) is 3.29. The van der Waals surface area contributed by atoms with Crippen LogP contribution in [0.3, 0.4) is 0 Å². The zero-order chi connectivity index (χ0) is 15.2. The molecule has 0 bridgehead atoms. The summed E-state index contributed by atoms with van der Waals surface area (Å²) in [4.78, 5) is 16.3. The van der Waals surface area contributed by atoms with E-state index >= 15 is 0 Å². The van der Waals surface area contributed by atoms with Crippen molar-refractivity contribution in [3.05, 3.63) is 35.1 Å². The number of amides is 1. The van der Waals surface area contributed by atoms with Crippen molar-refractivity contribution in [2.24, 2.45) is 5.73 Å². The molecule has 112 valence electrons. The molecule has 0 saturated carbocycles. The highest BCUT2D eigenvalue weighted by Crippen LogP contribution is 2.14. The smallest absolute Gasteiger partial charge is 0.256 e. The van der Waals surface area contributed by atoms with Gasteiger partial charge in [0.2, 0.25) is 0 Å². The summed E-state index contributed by atoms with van der Waals surface area (Å²) in [5.74, 6) is 4.65. The molecule has 2 rings (SSSR count). The summed E-state index contributed by atoms with van der Waals surface area (Å²) in [6, 6.07) is 4.45. The van der Waals surface area contributed by atoms with E-state index in [0.29, 0.717) is 18.7 Å². The number of nitrogens with two attached hydrogens (primary N) is 1. The van der Waals surface area contributed by atoms with Crippen molar-refractivity contribution in [2.45, 2.75) is 6.42 Å². The summed E-state index contributed by atoms with van der Waals surface area (Å²) in [6.07, 6.45) is 0.907. The maximum absolute atomic E-state index is 14.1. The van der Waals surface area contributed by atoms with E-state index in [2.05, 4.69) is 16.7 Å². The number of halogens is 1. The largest absolute Gasteiger partial charge is 0.337 e. The molecule has 0 radical (unpaired) electrons. The number of benzene rings is 1. The highest BCUT2D eigenvalue weighted by atomic mass is 19.1. The standard InChI is InChI=1S/C16H20FN3O/c1-19-8-3-9-20(11-10-19)16(21)14-6-5-13(4-2-7-18)12-15(14)17/h5-6,12H,3,7-11,18H2,1H3. The van der Waals surface area contributed by atoms with Gasteiger partial charge in [0.05, 0.1) is 12.1 Å². The molecule has 1 aromatic rings. The lowest BCUT2D eigenvalue weighted by molar-refractivity contribution is 0.0758. The topological polar surface area (TPSA) is 49.6 Å². The molecule has 2 N–H and O–H groups in total. The van der Waals surface area contributed by atoms with Crippen LogP contribution in [0, 0.1) is 17.7 Å². The van der Waals surface area contributed by atoms with Crippen molar-refractivity contribution < 1.29 is 9.18 Å². The molecular formula is C16H20FN3O. The van der Waals surface area contributed by atoms with Gasteiger partial charge in [-0.05, 0) is 38.2 Å². The Morgan fingerprint density at radius 1 is 1.33 bits per heavy atom. The molecule has 0 unspecified atom stereocenters. The Morgan fingerprint density at radius 3 is 2.86 bits per heavy atom.